The first-order valence-corrected chi connectivity index (χ1v) is 6.85. The Morgan fingerprint density at radius 2 is 1.90 bits per heavy atom. The number of nitrogens with two attached hydrogens (primary N) is 1. The van der Waals surface area contributed by atoms with Crippen LogP contribution >= 0.6 is 11.6 Å². The highest BCUT2D eigenvalue weighted by molar-refractivity contribution is 6.30. The maximum atomic E-state index is 6.03. The number of aromatic nitrogens is 3. The molecule has 4 nitrogen and oxygen atoms in total. The maximum Gasteiger partial charge on any atom is 0.184 e. The molecule has 2 aromatic heterocycles. The van der Waals surface area contributed by atoms with E-state index in [0.717, 1.165) is 18.7 Å². The summed E-state index contributed by atoms with van der Waals surface area (Å²) in [5, 5.41) is 8.91. The number of fused-ring (bicyclic) bond motifs is 1. The van der Waals surface area contributed by atoms with Crippen molar-refractivity contribution in [3.8, 4) is 0 Å². The molecule has 0 aliphatic carbocycles. The summed E-state index contributed by atoms with van der Waals surface area (Å²) in [4.78, 5) is 0. The minimum atomic E-state index is 0.548. The summed E-state index contributed by atoms with van der Waals surface area (Å²) in [6.07, 6.45) is 3.51. The second-order valence-corrected chi connectivity index (χ2v) is 5.35. The van der Waals surface area contributed by atoms with E-state index in [1.165, 1.54) is 11.1 Å². The standard InChI is InChI=1S/C15H15ClN4/c1-10-2-4-11(5-3-10)6-7-14-18-19-15-13(17)8-12(16)9-20(14)15/h2-5,8-9H,6-7,17H2,1H3. The fourth-order valence-corrected chi connectivity index (χ4v) is 2.43. The van der Waals surface area contributed by atoms with E-state index in [1.807, 2.05) is 4.40 Å². The fraction of sp³-hybridized carbons (Fsp3) is 0.200. The van der Waals surface area contributed by atoms with E-state index < -0.39 is 0 Å². The van der Waals surface area contributed by atoms with Crippen LogP contribution in [-0.2, 0) is 12.8 Å². The van der Waals surface area contributed by atoms with Gasteiger partial charge >= 0.3 is 0 Å². The molecule has 1 aromatic carbocycles. The molecule has 0 bridgehead atoms. The minimum Gasteiger partial charge on any atom is -0.396 e. The number of nitrogens with zero attached hydrogens (tertiary/aromatic N) is 3. The van der Waals surface area contributed by atoms with Gasteiger partial charge in [0.1, 0.15) is 5.82 Å². The summed E-state index contributed by atoms with van der Waals surface area (Å²) < 4.78 is 1.87. The predicted octanol–water partition coefficient (Wildman–Crippen LogP) is 3.06. The van der Waals surface area contributed by atoms with E-state index in [1.54, 1.807) is 12.3 Å². The van der Waals surface area contributed by atoms with Crippen molar-refractivity contribution in [1.82, 2.24) is 14.6 Å². The van der Waals surface area contributed by atoms with Gasteiger partial charge in [-0.2, -0.15) is 0 Å². The fourth-order valence-electron chi connectivity index (χ4n) is 2.21. The summed E-state index contributed by atoms with van der Waals surface area (Å²) in [5.41, 5.74) is 9.64. The molecule has 0 atom stereocenters. The van der Waals surface area contributed by atoms with Crippen LogP contribution in [0.5, 0.6) is 0 Å². The Hall–Kier alpha value is -2.07. The number of aryl methyl sites for hydroxylation is 3. The zero-order valence-corrected chi connectivity index (χ0v) is 11.9. The summed E-state index contributed by atoms with van der Waals surface area (Å²) in [6.45, 7) is 2.08. The maximum absolute atomic E-state index is 6.03. The molecule has 2 heterocycles. The van der Waals surface area contributed by atoms with Crippen molar-refractivity contribution in [2.24, 2.45) is 0 Å². The van der Waals surface area contributed by atoms with Crippen molar-refractivity contribution in [1.29, 1.82) is 0 Å². The van der Waals surface area contributed by atoms with E-state index in [-0.39, 0.29) is 0 Å². The Labute approximate surface area is 122 Å². The van der Waals surface area contributed by atoms with Gasteiger partial charge < -0.3 is 5.73 Å². The SMILES string of the molecule is Cc1ccc(CCc2nnc3c(N)cc(Cl)cn23)cc1. The molecule has 0 spiro atoms. The number of anilines is 1. The minimum absolute atomic E-state index is 0.548. The summed E-state index contributed by atoms with van der Waals surface area (Å²) >= 11 is 6.03. The molecule has 0 aliphatic rings. The van der Waals surface area contributed by atoms with Crippen LogP contribution < -0.4 is 5.73 Å². The lowest BCUT2D eigenvalue weighted by atomic mass is 10.1. The molecule has 0 unspecified atom stereocenters. The average molecular weight is 287 g/mol. The molecule has 20 heavy (non-hydrogen) atoms. The van der Waals surface area contributed by atoms with Crippen molar-refractivity contribution in [3.05, 3.63) is 58.5 Å². The summed E-state index contributed by atoms with van der Waals surface area (Å²) in [6, 6.07) is 10.2. The van der Waals surface area contributed by atoms with Crippen molar-refractivity contribution in [2.45, 2.75) is 19.8 Å². The Morgan fingerprint density at radius 1 is 1.15 bits per heavy atom. The molecular weight excluding hydrogens is 272 g/mol. The summed E-state index contributed by atoms with van der Waals surface area (Å²) in [5.74, 6) is 0.870. The van der Waals surface area contributed by atoms with Gasteiger partial charge in [0.25, 0.3) is 0 Å². The molecule has 0 saturated carbocycles. The van der Waals surface area contributed by atoms with Gasteiger partial charge in [-0.3, -0.25) is 4.40 Å². The lowest BCUT2D eigenvalue weighted by Gasteiger charge is -2.03. The quantitative estimate of drug-likeness (QED) is 0.805. The largest absolute Gasteiger partial charge is 0.396 e. The molecule has 2 N–H and O–H groups in total. The zero-order valence-electron chi connectivity index (χ0n) is 11.2. The molecule has 5 heteroatoms. The van der Waals surface area contributed by atoms with Gasteiger partial charge in [0.2, 0.25) is 0 Å². The molecule has 0 amide bonds. The van der Waals surface area contributed by atoms with Gasteiger partial charge in [-0.25, -0.2) is 0 Å². The van der Waals surface area contributed by atoms with Crippen LogP contribution in [0.1, 0.15) is 17.0 Å². The number of benzene rings is 1. The third-order valence-electron chi connectivity index (χ3n) is 3.33. The van der Waals surface area contributed by atoms with E-state index in [2.05, 4.69) is 41.4 Å². The molecule has 3 aromatic rings. The van der Waals surface area contributed by atoms with Crippen LogP contribution in [0.15, 0.2) is 36.5 Å². The number of rotatable bonds is 3. The number of pyridine rings is 1. The molecule has 0 fully saturated rings. The van der Waals surface area contributed by atoms with Gasteiger partial charge in [0, 0.05) is 12.6 Å². The van der Waals surface area contributed by atoms with E-state index in [9.17, 15) is 0 Å². The van der Waals surface area contributed by atoms with Crippen molar-refractivity contribution >= 4 is 22.9 Å². The highest BCUT2D eigenvalue weighted by Crippen LogP contribution is 2.19. The second kappa shape index (κ2) is 5.13. The van der Waals surface area contributed by atoms with Gasteiger partial charge in [0.15, 0.2) is 5.65 Å². The molecule has 0 radical (unpaired) electrons. The van der Waals surface area contributed by atoms with Crippen LogP contribution in [0.25, 0.3) is 5.65 Å². The number of hydrogen-bond donors (Lipinski definition) is 1. The Morgan fingerprint density at radius 3 is 2.65 bits per heavy atom. The lowest BCUT2D eigenvalue weighted by Crippen LogP contribution is -1.99. The summed E-state index contributed by atoms with van der Waals surface area (Å²) in [7, 11) is 0. The third kappa shape index (κ3) is 2.47. The van der Waals surface area contributed by atoms with Crippen molar-refractivity contribution in [2.75, 3.05) is 5.73 Å². The van der Waals surface area contributed by atoms with Gasteiger partial charge in [-0.05, 0) is 25.0 Å². The smallest absolute Gasteiger partial charge is 0.184 e. The van der Waals surface area contributed by atoms with Crippen molar-refractivity contribution in [3.63, 3.8) is 0 Å². The second-order valence-electron chi connectivity index (χ2n) is 4.91. The lowest BCUT2D eigenvalue weighted by molar-refractivity contribution is 0.839. The van der Waals surface area contributed by atoms with Crippen LogP contribution in [0.2, 0.25) is 5.02 Å². The highest BCUT2D eigenvalue weighted by Gasteiger charge is 2.09. The zero-order chi connectivity index (χ0) is 14.1. The van der Waals surface area contributed by atoms with Crippen LogP contribution in [-0.4, -0.2) is 14.6 Å². The van der Waals surface area contributed by atoms with Gasteiger partial charge in [-0.15, -0.1) is 10.2 Å². The average Bonchev–Trinajstić information content (AvgIpc) is 2.81. The van der Waals surface area contributed by atoms with E-state index >= 15 is 0 Å². The normalized spacial score (nSPS) is 11.1. The first-order chi connectivity index (χ1) is 9.63. The van der Waals surface area contributed by atoms with Crippen molar-refractivity contribution < 1.29 is 0 Å². The van der Waals surface area contributed by atoms with Gasteiger partial charge in [-0.1, -0.05) is 41.4 Å². The Balaban J connectivity index is 1.86. The topological polar surface area (TPSA) is 56.2 Å². The van der Waals surface area contributed by atoms with Gasteiger partial charge in [0.05, 0.1) is 10.7 Å². The monoisotopic (exact) mass is 286 g/mol. The number of hydrogen-bond acceptors (Lipinski definition) is 3. The molecule has 0 saturated heterocycles. The van der Waals surface area contributed by atoms with Crippen LogP contribution in [0, 0.1) is 6.92 Å². The van der Waals surface area contributed by atoms with E-state index in [0.29, 0.717) is 16.4 Å². The molecule has 3 rings (SSSR count). The molecule has 0 aliphatic heterocycles. The Kier molecular flexibility index (Phi) is 3.32. The third-order valence-corrected chi connectivity index (χ3v) is 3.54. The van der Waals surface area contributed by atoms with E-state index in [4.69, 9.17) is 17.3 Å². The molecule has 102 valence electrons. The van der Waals surface area contributed by atoms with Crippen LogP contribution in [0.3, 0.4) is 0 Å². The Bertz CT molecular complexity index is 746. The first kappa shape index (κ1) is 12.9. The number of halogens is 1. The highest BCUT2D eigenvalue weighted by atomic mass is 35.5. The number of nitrogen functional groups attached to an aromatic ring is 1. The molecular formula is C15H15ClN4. The predicted molar refractivity (Wildman–Crippen MR) is 81.0 cm³/mol. The first-order valence-electron chi connectivity index (χ1n) is 6.47. The van der Waals surface area contributed by atoms with Crippen LogP contribution in [0.4, 0.5) is 5.69 Å².